The second-order valence-corrected chi connectivity index (χ2v) is 11.0. The predicted octanol–water partition coefficient (Wildman–Crippen LogP) is 6.83. The van der Waals surface area contributed by atoms with Crippen LogP contribution in [-0.4, -0.2) is 41.8 Å². The van der Waals surface area contributed by atoms with Gasteiger partial charge in [0.1, 0.15) is 16.6 Å². The number of fused-ring (bicyclic) bond motifs is 4. The van der Waals surface area contributed by atoms with Crippen LogP contribution in [0.25, 0.3) is 32.2 Å². The average Bonchev–Trinajstić information content (AvgIpc) is 3.69. The van der Waals surface area contributed by atoms with Gasteiger partial charge in [-0.1, -0.05) is 41.0 Å². The first-order valence-corrected chi connectivity index (χ1v) is 14.7. The number of nitrogen functional groups attached to an aromatic ring is 1. The van der Waals surface area contributed by atoms with Crippen molar-refractivity contribution >= 4 is 43.3 Å². The zero-order valence-corrected chi connectivity index (χ0v) is 25.2. The number of benzene rings is 1. The summed E-state index contributed by atoms with van der Waals surface area (Å²) in [5, 5.41) is 10.6. The highest BCUT2D eigenvalue weighted by Crippen LogP contribution is 2.45. The zero-order valence-electron chi connectivity index (χ0n) is 24.3. The lowest BCUT2D eigenvalue weighted by Crippen LogP contribution is -2.23. The van der Waals surface area contributed by atoms with Gasteiger partial charge in [0.05, 0.1) is 42.0 Å². The van der Waals surface area contributed by atoms with Crippen molar-refractivity contribution in [2.45, 2.75) is 54.3 Å². The molecule has 0 radical (unpaired) electrons. The second kappa shape index (κ2) is 13.0. The number of pyridine rings is 1. The molecule has 0 bridgehead atoms. The van der Waals surface area contributed by atoms with E-state index in [4.69, 9.17) is 15.2 Å². The van der Waals surface area contributed by atoms with Crippen LogP contribution in [0, 0.1) is 34.8 Å². The monoisotopic (exact) mass is 582 g/mol. The van der Waals surface area contributed by atoms with E-state index in [0.717, 1.165) is 29.6 Å². The average molecular weight is 583 g/mol. The molecule has 2 aliphatic rings. The Morgan fingerprint density at radius 1 is 1.17 bits per heavy atom. The van der Waals surface area contributed by atoms with Crippen LogP contribution in [0.15, 0.2) is 12.4 Å². The molecule has 0 amide bonds. The highest BCUT2D eigenvalue weighted by atomic mass is 32.1. The molecule has 218 valence electrons. The third-order valence-corrected chi connectivity index (χ3v) is 8.19. The van der Waals surface area contributed by atoms with Gasteiger partial charge in [0.2, 0.25) is 5.95 Å². The van der Waals surface area contributed by atoms with Crippen LogP contribution in [-0.2, 0) is 22.7 Å². The maximum Gasteiger partial charge on any atom is 0.225 e. The summed E-state index contributed by atoms with van der Waals surface area (Å²) in [7, 11) is 1.68. The molecule has 1 saturated heterocycles. The Morgan fingerprint density at radius 2 is 1.88 bits per heavy atom. The summed E-state index contributed by atoms with van der Waals surface area (Å²) >= 11 is 0.949. The molecule has 4 aromatic rings. The van der Waals surface area contributed by atoms with E-state index in [9.17, 15) is 9.65 Å². The molecule has 2 unspecified atom stereocenters. The van der Waals surface area contributed by atoms with E-state index in [1.54, 1.807) is 13.3 Å². The Balaban J connectivity index is 0.000000728. The molecule has 1 fully saturated rings. The number of ether oxygens (including phenoxy) is 2. The predicted molar refractivity (Wildman–Crippen MR) is 160 cm³/mol. The Kier molecular flexibility index (Phi) is 9.68. The van der Waals surface area contributed by atoms with Gasteiger partial charge in [-0.25, -0.2) is 18.7 Å². The minimum absolute atomic E-state index is 0.0859. The van der Waals surface area contributed by atoms with E-state index in [2.05, 4.69) is 35.7 Å². The standard InChI is InChI=1S/C25H22F2N6O2S.C3H8.C2H6/c1-11-6-33(7-12(11)8-34-2)25-31-4-14-15-9-35-10-16(15)18(20(27)21(14)32-25)22-19-13(3-28)24(29)36-23(19)17(26)5-30-22;1-3-2;1-2/h4-5,11-12H,6-10,29H2,1-2H3;3H2,1-2H3;1-2H3. The molecule has 2 atom stereocenters. The smallest absolute Gasteiger partial charge is 0.225 e. The van der Waals surface area contributed by atoms with Crippen molar-refractivity contribution in [1.82, 2.24) is 15.0 Å². The fourth-order valence-corrected chi connectivity index (χ4v) is 6.24. The quantitative estimate of drug-likeness (QED) is 0.279. The molecule has 1 aromatic carbocycles. The van der Waals surface area contributed by atoms with E-state index < -0.39 is 11.6 Å². The molecule has 5 heterocycles. The third kappa shape index (κ3) is 5.44. The molecule has 0 saturated carbocycles. The van der Waals surface area contributed by atoms with Crippen molar-refractivity contribution in [1.29, 1.82) is 5.26 Å². The topological polar surface area (TPSA) is 110 Å². The molecule has 11 heteroatoms. The van der Waals surface area contributed by atoms with E-state index in [-0.39, 0.29) is 50.6 Å². The van der Waals surface area contributed by atoms with Crippen LogP contribution < -0.4 is 10.6 Å². The van der Waals surface area contributed by atoms with Gasteiger partial charge in [-0.15, -0.1) is 11.3 Å². The normalized spacial score (nSPS) is 17.6. The molecule has 6 rings (SSSR count). The van der Waals surface area contributed by atoms with Crippen LogP contribution in [0.3, 0.4) is 0 Å². The maximum absolute atomic E-state index is 16.4. The number of aromatic nitrogens is 3. The lowest BCUT2D eigenvalue weighted by Gasteiger charge is -2.18. The second-order valence-electron chi connectivity index (χ2n) is 9.99. The number of hydrogen-bond donors (Lipinski definition) is 1. The third-order valence-electron chi connectivity index (χ3n) is 7.16. The van der Waals surface area contributed by atoms with Gasteiger partial charge in [0, 0.05) is 48.6 Å². The zero-order chi connectivity index (χ0) is 29.8. The van der Waals surface area contributed by atoms with Gasteiger partial charge in [0.25, 0.3) is 0 Å². The number of thiophene rings is 1. The van der Waals surface area contributed by atoms with Gasteiger partial charge >= 0.3 is 0 Å². The van der Waals surface area contributed by atoms with Gasteiger partial charge in [-0.3, -0.25) is 4.98 Å². The lowest BCUT2D eigenvalue weighted by atomic mass is 9.94. The number of hydrogen-bond acceptors (Lipinski definition) is 9. The van der Waals surface area contributed by atoms with Gasteiger partial charge < -0.3 is 20.1 Å². The van der Waals surface area contributed by atoms with Crippen molar-refractivity contribution < 1.29 is 18.3 Å². The van der Waals surface area contributed by atoms with Crippen LogP contribution in [0.1, 0.15) is 57.7 Å². The highest BCUT2D eigenvalue weighted by molar-refractivity contribution is 7.23. The molecule has 3 aromatic heterocycles. The number of methoxy groups -OCH3 is 1. The summed E-state index contributed by atoms with van der Waals surface area (Å²) in [6.07, 6.45) is 3.93. The molecule has 2 aliphatic heterocycles. The van der Waals surface area contributed by atoms with Crippen molar-refractivity contribution in [3.8, 4) is 17.3 Å². The first kappa shape index (κ1) is 30.5. The number of nitrogens with zero attached hydrogens (tertiary/aromatic N) is 5. The number of anilines is 2. The van der Waals surface area contributed by atoms with Crippen LogP contribution in [0.4, 0.5) is 19.7 Å². The Bertz CT molecular complexity index is 1600. The van der Waals surface area contributed by atoms with Crippen molar-refractivity contribution in [2.75, 3.05) is 37.4 Å². The highest BCUT2D eigenvalue weighted by Gasteiger charge is 2.33. The van der Waals surface area contributed by atoms with E-state index >= 15 is 4.39 Å². The molecule has 41 heavy (non-hydrogen) atoms. The van der Waals surface area contributed by atoms with E-state index in [0.29, 0.717) is 41.9 Å². The minimum atomic E-state index is -0.612. The fraction of sp³-hybridized carbons (Fsp3) is 0.467. The Labute approximate surface area is 243 Å². The van der Waals surface area contributed by atoms with E-state index in [1.165, 1.54) is 6.42 Å². The van der Waals surface area contributed by atoms with Crippen LogP contribution in [0.5, 0.6) is 0 Å². The molecular formula is C30H36F2N6O2S. The van der Waals surface area contributed by atoms with Crippen LogP contribution >= 0.6 is 11.3 Å². The summed E-state index contributed by atoms with van der Waals surface area (Å²) < 4.78 is 42.2. The summed E-state index contributed by atoms with van der Waals surface area (Å²) in [5.74, 6) is -0.0741. The lowest BCUT2D eigenvalue weighted by molar-refractivity contribution is 0.135. The molecule has 8 nitrogen and oxygen atoms in total. The molecule has 2 N–H and O–H groups in total. The number of nitriles is 1. The fourth-order valence-electron chi connectivity index (χ4n) is 5.32. The SMILES string of the molecule is CC.CCC.COCC1CN(c2ncc3c4c(c(-c5ncc(F)c6sc(N)c(C#N)c56)c(F)c3n2)COC4)CC1C. The molecule has 0 aliphatic carbocycles. The molecule has 0 spiro atoms. The minimum Gasteiger partial charge on any atom is -0.389 e. The molecular weight excluding hydrogens is 546 g/mol. The Morgan fingerprint density at radius 3 is 2.56 bits per heavy atom. The first-order chi connectivity index (χ1) is 19.8. The number of nitrogens with two attached hydrogens (primary N) is 1. The summed E-state index contributed by atoms with van der Waals surface area (Å²) in [6, 6.07) is 2.03. The van der Waals surface area contributed by atoms with Crippen molar-refractivity contribution in [2.24, 2.45) is 11.8 Å². The maximum atomic E-state index is 16.4. The Hall–Kier alpha value is -3.46. The summed E-state index contributed by atoms with van der Waals surface area (Å²) in [6.45, 7) is 12.9. The van der Waals surface area contributed by atoms with Gasteiger partial charge in [-0.2, -0.15) is 5.26 Å². The van der Waals surface area contributed by atoms with Gasteiger partial charge in [0.15, 0.2) is 11.6 Å². The first-order valence-electron chi connectivity index (χ1n) is 13.9. The van der Waals surface area contributed by atoms with Gasteiger partial charge in [-0.05, 0) is 17.0 Å². The number of rotatable bonds is 4. The van der Waals surface area contributed by atoms with E-state index in [1.807, 2.05) is 24.8 Å². The van der Waals surface area contributed by atoms with Crippen LogP contribution in [0.2, 0.25) is 0 Å². The van der Waals surface area contributed by atoms with Crippen molar-refractivity contribution in [3.05, 3.63) is 40.7 Å². The summed E-state index contributed by atoms with van der Waals surface area (Å²) in [4.78, 5) is 15.5. The largest absolute Gasteiger partial charge is 0.389 e. The summed E-state index contributed by atoms with van der Waals surface area (Å²) in [5.41, 5.74) is 7.91. The van der Waals surface area contributed by atoms with Crippen molar-refractivity contribution in [3.63, 3.8) is 0 Å². The number of halogens is 2.